The molecule has 3 aromatic carbocycles. The highest BCUT2D eigenvalue weighted by Crippen LogP contribution is 2.29. The number of nitrogens with one attached hydrogen (secondary N) is 1. The van der Waals surface area contributed by atoms with Crippen LogP contribution in [0.2, 0.25) is 0 Å². The van der Waals surface area contributed by atoms with Crippen LogP contribution in [0.3, 0.4) is 0 Å². The van der Waals surface area contributed by atoms with Crippen molar-refractivity contribution in [2.24, 2.45) is 0 Å². The highest BCUT2D eigenvalue weighted by Gasteiger charge is 2.18. The maximum Gasteiger partial charge on any atom is 0.410 e. The zero-order chi connectivity index (χ0) is 16.4. The number of rotatable bonds is 2. The van der Waals surface area contributed by atoms with E-state index in [0.717, 1.165) is 29.4 Å². The van der Waals surface area contributed by atoms with E-state index in [-0.39, 0.29) is 6.09 Å². The number of ether oxygens (including phenoxy) is 1. The fourth-order valence-electron chi connectivity index (χ4n) is 3.34. The van der Waals surface area contributed by atoms with Crippen LogP contribution in [0, 0.1) is 0 Å². The highest BCUT2D eigenvalue weighted by molar-refractivity contribution is 6.02. The lowest BCUT2D eigenvalue weighted by atomic mass is 9.97. The van der Waals surface area contributed by atoms with Crippen LogP contribution in [0.25, 0.3) is 21.5 Å². The zero-order valence-electron chi connectivity index (χ0n) is 13.5. The normalized spacial score (nSPS) is 14.9. The van der Waals surface area contributed by atoms with Crippen molar-refractivity contribution in [1.82, 2.24) is 10.2 Å². The summed E-state index contributed by atoms with van der Waals surface area (Å²) in [4.78, 5) is 14.1. The minimum Gasteiger partial charge on any atom is -0.444 e. The van der Waals surface area contributed by atoms with Gasteiger partial charge in [0.25, 0.3) is 0 Å². The third-order valence-electron chi connectivity index (χ3n) is 4.60. The van der Waals surface area contributed by atoms with Crippen molar-refractivity contribution < 1.29 is 9.53 Å². The Kier molecular flexibility index (Phi) is 4.05. The molecule has 0 spiro atoms. The van der Waals surface area contributed by atoms with Crippen LogP contribution < -0.4 is 5.32 Å². The van der Waals surface area contributed by atoms with Gasteiger partial charge in [-0.3, -0.25) is 0 Å². The van der Waals surface area contributed by atoms with Crippen molar-refractivity contribution in [2.75, 3.05) is 26.2 Å². The molecule has 122 valence electrons. The van der Waals surface area contributed by atoms with E-state index in [2.05, 4.69) is 35.6 Å². The van der Waals surface area contributed by atoms with Crippen molar-refractivity contribution in [2.45, 2.75) is 6.61 Å². The van der Waals surface area contributed by atoms with Crippen molar-refractivity contribution in [1.29, 1.82) is 0 Å². The highest BCUT2D eigenvalue weighted by atomic mass is 16.6. The van der Waals surface area contributed by atoms with Gasteiger partial charge in [0, 0.05) is 31.7 Å². The van der Waals surface area contributed by atoms with Gasteiger partial charge in [0.05, 0.1) is 0 Å². The molecule has 1 N–H and O–H groups in total. The van der Waals surface area contributed by atoms with Crippen LogP contribution >= 0.6 is 0 Å². The van der Waals surface area contributed by atoms with Crippen LogP contribution in [0.1, 0.15) is 5.56 Å². The number of fused-ring (bicyclic) bond motifs is 2. The molecule has 0 bridgehead atoms. The fourth-order valence-corrected chi connectivity index (χ4v) is 3.34. The molecule has 4 nitrogen and oxygen atoms in total. The quantitative estimate of drug-likeness (QED) is 0.734. The lowest BCUT2D eigenvalue weighted by molar-refractivity contribution is 0.0925. The molecule has 0 radical (unpaired) electrons. The van der Waals surface area contributed by atoms with E-state index in [1.54, 1.807) is 4.90 Å². The molecule has 1 aliphatic rings. The molecule has 3 aromatic rings. The average Bonchev–Trinajstić information content (AvgIpc) is 2.65. The number of amides is 1. The molecule has 1 fully saturated rings. The van der Waals surface area contributed by atoms with E-state index in [4.69, 9.17) is 4.74 Å². The molecule has 1 saturated heterocycles. The number of hydrogen-bond acceptors (Lipinski definition) is 3. The Morgan fingerprint density at radius 3 is 2.17 bits per heavy atom. The first-order chi connectivity index (χ1) is 11.8. The van der Waals surface area contributed by atoms with Crippen LogP contribution in [0.4, 0.5) is 4.79 Å². The van der Waals surface area contributed by atoms with E-state index < -0.39 is 0 Å². The second-order valence-corrected chi connectivity index (χ2v) is 6.09. The first kappa shape index (κ1) is 15.0. The SMILES string of the molecule is O=C(OCc1c2ccccc2cc2ccccc12)N1CCNCC1. The molecule has 1 heterocycles. The average molecular weight is 320 g/mol. The van der Waals surface area contributed by atoms with E-state index >= 15 is 0 Å². The lowest BCUT2D eigenvalue weighted by Gasteiger charge is -2.26. The van der Waals surface area contributed by atoms with Crippen molar-refractivity contribution in [3.8, 4) is 0 Å². The summed E-state index contributed by atoms with van der Waals surface area (Å²) in [5, 5.41) is 7.87. The number of nitrogens with zero attached hydrogens (tertiary/aromatic N) is 1. The molecular formula is C20H20N2O2. The molecule has 0 aliphatic carbocycles. The van der Waals surface area contributed by atoms with Gasteiger partial charge >= 0.3 is 6.09 Å². The molecule has 0 unspecified atom stereocenters. The largest absolute Gasteiger partial charge is 0.444 e. The summed E-state index contributed by atoms with van der Waals surface area (Å²) < 4.78 is 5.64. The van der Waals surface area contributed by atoms with Crippen molar-refractivity contribution in [3.63, 3.8) is 0 Å². The zero-order valence-corrected chi connectivity index (χ0v) is 13.5. The molecule has 4 rings (SSSR count). The molecule has 1 aliphatic heterocycles. The Morgan fingerprint density at radius 2 is 1.54 bits per heavy atom. The number of carbonyl (C=O) groups is 1. The Balaban J connectivity index is 1.67. The summed E-state index contributed by atoms with van der Waals surface area (Å²) in [7, 11) is 0. The Bertz CT molecular complexity index is 831. The number of hydrogen-bond donors (Lipinski definition) is 1. The second kappa shape index (κ2) is 6.49. The van der Waals surface area contributed by atoms with Gasteiger partial charge in [-0.2, -0.15) is 0 Å². The molecule has 0 saturated carbocycles. The summed E-state index contributed by atoms with van der Waals surface area (Å²) in [6.07, 6.45) is -0.228. The van der Waals surface area contributed by atoms with Crippen LogP contribution in [-0.2, 0) is 11.3 Å². The van der Waals surface area contributed by atoms with Gasteiger partial charge in [-0.25, -0.2) is 4.79 Å². The first-order valence-corrected chi connectivity index (χ1v) is 8.35. The van der Waals surface area contributed by atoms with Crippen molar-refractivity contribution in [3.05, 3.63) is 60.2 Å². The van der Waals surface area contributed by atoms with E-state index in [1.165, 1.54) is 10.8 Å². The smallest absolute Gasteiger partial charge is 0.410 e. The van der Waals surface area contributed by atoms with Gasteiger partial charge in [0.1, 0.15) is 6.61 Å². The van der Waals surface area contributed by atoms with E-state index in [0.29, 0.717) is 19.7 Å². The molecule has 0 aromatic heterocycles. The minimum absolute atomic E-state index is 0.228. The van der Waals surface area contributed by atoms with Gasteiger partial charge < -0.3 is 15.0 Å². The predicted octanol–water partition coefficient (Wildman–Crippen LogP) is 3.53. The van der Waals surface area contributed by atoms with Crippen LogP contribution in [0.5, 0.6) is 0 Å². The minimum atomic E-state index is -0.228. The van der Waals surface area contributed by atoms with Gasteiger partial charge in [-0.15, -0.1) is 0 Å². The summed E-state index contributed by atoms with van der Waals surface area (Å²) >= 11 is 0. The van der Waals surface area contributed by atoms with E-state index in [1.807, 2.05) is 24.3 Å². The molecule has 1 amide bonds. The number of carbonyl (C=O) groups excluding carboxylic acids is 1. The topological polar surface area (TPSA) is 41.6 Å². The number of benzene rings is 3. The fraction of sp³-hybridized carbons (Fsp3) is 0.250. The predicted molar refractivity (Wildman–Crippen MR) is 96.1 cm³/mol. The second-order valence-electron chi connectivity index (χ2n) is 6.09. The van der Waals surface area contributed by atoms with Crippen molar-refractivity contribution >= 4 is 27.6 Å². The Labute approximate surface area is 141 Å². The van der Waals surface area contributed by atoms with Gasteiger partial charge in [-0.05, 0) is 27.6 Å². The third kappa shape index (κ3) is 2.81. The maximum atomic E-state index is 12.3. The van der Waals surface area contributed by atoms with Gasteiger partial charge in [0.2, 0.25) is 0 Å². The lowest BCUT2D eigenvalue weighted by Crippen LogP contribution is -2.46. The molecule has 4 heteroatoms. The molecular weight excluding hydrogens is 300 g/mol. The summed E-state index contributed by atoms with van der Waals surface area (Å²) in [6, 6.07) is 18.7. The third-order valence-corrected chi connectivity index (χ3v) is 4.60. The molecule has 0 atom stereocenters. The summed E-state index contributed by atoms with van der Waals surface area (Å²) in [5.74, 6) is 0. The molecule has 24 heavy (non-hydrogen) atoms. The monoisotopic (exact) mass is 320 g/mol. The van der Waals surface area contributed by atoms with E-state index in [9.17, 15) is 4.79 Å². The van der Waals surface area contributed by atoms with Gasteiger partial charge in [-0.1, -0.05) is 48.5 Å². The van der Waals surface area contributed by atoms with Crippen LogP contribution in [-0.4, -0.2) is 37.2 Å². The first-order valence-electron chi connectivity index (χ1n) is 8.35. The van der Waals surface area contributed by atoms with Crippen LogP contribution in [0.15, 0.2) is 54.6 Å². The maximum absolute atomic E-state index is 12.3. The number of piperazine rings is 1. The summed E-state index contributed by atoms with van der Waals surface area (Å²) in [5.41, 5.74) is 1.08. The summed E-state index contributed by atoms with van der Waals surface area (Å²) in [6.45, 7) is 3.35. The Hall–Kier alpha value is -2.59. The standard InChI is InChI=1S/C20H20N2O2/c23-20(22-11-9-21-10-12-22)24-14-19-17-7-3-1-5-15(17)13-16-6-2-4-8-18(16)19/h1-8,13,21H,9-12,14H2. The van der Waals surface area contributed by atoms with Gasteiger partial charge in [0.15, 0.2) is 0 Å². The Morgan fingerprint density at radius 1 is 0.958 bits per heavy atom.